The number of hydrogen-bond acceptors (Lipinski definition) is 3. The number of carboxylic acids is 1. The third-order valence-corrected chi connectivity index (χ3v) is 3.20. The molecule has 17 heavy (non-hydrogen) atoms. The van der Waals surface area contributed by atoms with Crippen LogP contribution in [0, 0.1) is 0 Å². The summed E-state index contributed by atoms with van der Waals surface area (Å²) in [5.41, 5.74) is 0.971. The lowest BCUT2D eigenvalue weighted by Gasteiger charge is -2.13. The van der Waals surface area contributed by atoms with E-state index >= 15 is 0 Å². The maximum Gasteiger partial charge on any atom is 0.358 e. The average Bonchev–Trinajstić information content (AvgIpc) is 2.78. The van der Waals surface area contributed by atoms with Gasteiger partial charge in [-0.2, -0.15) is 0 Å². The summed E-state index contributed by atoms with van der Waals surface area (Å²) in [4.78, 5) is 10.7. The Labute approximate surface area is 106 Å². The zero-order valence-corrected chi connectivity index (χ0v) is 10.6. The van der Waals surface area contributed by atoms with Crippen LogP contribution < -0.4 is 0 Å². The largest absolute Gasteiger partial charge is 0.476 e. The summed E-state index contributed by atoms with van der Waals surface area (Å²) in [5, 5.41) is 16.2. The van der Waals surface area contributed by atoms with Gasteiger partial charge in [-0.25, -0.2) is 9.48 Å². The van der Waals surface area contributed by atoms with E-state index in [9.17, 15) is 4.79 Å². The van der Waals surface area contributed by atoms with E-state index in [0.29, 0.717) is 0 Å². The van der Waals surface area contributed by atoms with E-state index in [0.717, 1.165) is 10.0 Å². The molecule has 1 aromatic heterocycles. The Kier molecular flexibility index (Phi) is 3.23. The SMILES string of the molecule is C[C@@H](c1ccccc1Br)n1cc(C(=O)O)nn1. The third-order valence-electron chi connectivity index (χ3n) is 2.48. The Morgan fingerprint density at radius 3 is 2.76 bits per heavy atom. The number of aromatic carboxylic acids is 1. The monoisotopic (exact) mass is 295 g/mol. The molecular formula is C11H10BrN3O2. The first-order chi connectivity index (χ1) is 8.09. The van der Waals surface area contributed by atoms with Gasteiger partial charge >= 0.3 is 5.97 Å². The van der Waals surface area contributed by atoms with Crippen molar-refractivity contribution < 1.29 is 9.90 Å². The van der Waals surface area contributed by atoms with Crippen LogP contribution in [0.2, 0.25) is 0 Å². The summed E-state index contributed by atoms with van der Waals surface area (Å²) < 4.78 is 2.49. The number of aromatic nitrogens is 3. The molecule has 0 aliphatic heterocycles. The second kappa shape index (κ2) is 4.67. The number of halogens is 1. The Morgan fingerprint density at radius 1 is 1.47 bits per heavy atom. The highest BCUT2D eigenvalue weighted by molar-refractivity contribution is 9.10. The highest BCUT2D eigenvalue weighted by Gasteiger charge is 2.15. The van der Waals surface area contributed by atoms with Gasteiger partial charge in [0.25, 0.3) is 0 Å². The van der Waals surface area contributed by atoms with Crippen LogP contribution in [0.15, 0.2) is 34.9 Å². The number of carbonyl (C=O) groups is 1. The molecule has 0 unspecified atom stereocenters. The number of rotatable bonds is 3. The van der Waals surface area contributed by atoms with Crippen molar-refractivity contribution in [1.82, 2.24) is 15.0 Å². The summed E-state index contributed by atoms with van der Waals surface area (Å²) in [6, 6.07) is 7.65. The van der Waals surface area contributed by atoms with Crippen molar-refractivity contribution in [2.24, 2.45) is 0 Å². The number of hydrogen-bond donors (Lipinski definition) is 1. The van der Waals surface area contributed by atoms with Crippen LogP contribution in [0.25, 0.3) is 0 Å². The van der Waals surface area contributed by atoms with Gasteiger partial charge in [-0.15, -0.1) is 5.10 Å². The van der Waals surface area contributed by atoms with Gasteiger partial charge in [-0.3, -0.25) is 0 Å². The van der Waals surface area contributed by atoms with Gasteiger partial charge in [0.15, 0.2) is 5.69 Å². The van der Waals surface area contributed by atoms with E-state index < -0.39 is 5.97 Å². The zero-order chi connectivity index (χ0) is 12.4. The van der Waals surface area contributed by atoms with Crippen LogP contribution in [-0.4, -0.2) is 26.1 Å². The fourth-order valence-corrected chi connectivity index (χ4v) is 2.14. The first-order valence-electron chi connectivity index (χ1n) is 4.99. The molecule has 1 heterocycles. The molecule has 1 aromatic carbocycles. The maximum absolute atomic E-state index is 10.7. The topological polar surface area (TPSA) is 68.0 Å². The van der Waals surface area contributed by atoms with Gasteiger partial charge in [0.1, 0.15) is 0 Å². The minimum atomic E-state index is -1.07. The summed E-state index contributed by atoms with van der Waals surface area (Å²) in [5.74, 6) is -1.07. The Balaban J connectivity index is 2.34. The molecule has 1 atom stereocenters. The molecule has 0 bridgehead atoms. The highest BCUT2D eigenvalue weighted by atomic mass is 79.9. The van der Waals surface area contributed by atoms with E-state index in [1.165, 1.54) is 10.9 Å². The van der Waals surface area contributed by atoms with Crippen LogP contribution in [-0.2, 0) is 0 Å². The lowest BCUT2D eigenvalue weighted by Crippen LogP contribution is -2.08. The quantitative estimate of drug-likeness (QED) is 0.944. The summed E-state index contributed by atoms with van der Waals surface area (Å²) in [7, 11) is 0. The fraction of sp³-hybridized carbons (Fsp3) is 0.182. The van der Waals surface area contributed by atoms with Gasteiger partial charge < -0.3 is 5.11 Å². The molecule has 88 valence electrons. The van der Waals surface area contributed by atoms with Gasteiger partial charge in [0.2, 0.25) is 0 Å². The van der Waals surface area contributed by atoms with Crippen molar-refractivity contribution in [2.45, 2.75) is 13.0 Å². The van der Waals surface area contributed by atoms with Crippen molar-refractivity contribution in [2.75, 3.05) is 0 Å². The molecule has 0 fully saturated rings. The first kappa shape index (κ1) is 11.8. The minimum absolute atomic E-state index is 0.0519. The summed E-state index contributed by atoms with van der Waals surface area (Å²) >= 11 is 3.45. The Bertz CT molecular complexity index is 553. The number of nitrogens with zero attached hydrogens (tertiary/aromatic N) is 3. The zero-order valence-electron chi connectivity index (χ0n) is 9.04. The van der Waals surface area contributed by atoms with Crippen LogP contribution in [0.5, 0.6) is 0 Å². The van der Waals surface area contributed by atoms with Gasteiger partial charge in [-0.1, -0.05) is 39.3 Å². The smallest absolute Gasteiger partial charge is 0.358 e. The molecule has 0 spiro atoms. The lowest BCUT2D eigenvalue weighted by molar-refractivity contribution is 0.0690. The number of benzene rings is 1. The summed E-state index contributed by atoms with van der Waals surface area (Å²) in [6.45, 7) is 1.93. The molecule has 0 radical (unpaired) electrons. The van der Waals surface area contributed by atoms with Crippen LogP contribution in [0.1, 0.15) is 29.0 Å². The third kappa shape index (κ3) is 2.36. The second-order valence-electron chi connectivity index (χ2n) is 3.59. The van der Waals surface area contributed by atoms with E-state index in [4.69, 9.17) is 5.11 Å². The Hall–Kier alpha value is -1.69. The molecule has 2 aromatic rings. The highest BCUT2D eigenvalue weighted by Crippen LogP contribution is 2.25. The van der Waals surface area contributed by atoms with Crippen molar-refractivity contribution >= 4 is 21.9 Å². The molecule has 6 heteroatoms. The molecule has 0 aliphatic rings. The fourth-order valence-electron chi connectivity index (χ4n) is 1.52. The van der Waals surface area contributed by atoms with Crippen molar-refractivity contribution in [1.29, 1.82) is 0 Å². The predicted octanol–water partition coefficient (Wildman–Crippen LogP) is 2.35. The van der Waals surface area contributed by atoms with Crippen LogP contribution in [0.3, 0.4) is 0 Å². The van der Waals surface area contributed by atoms with Crippen LogP contribution >= 0.6 is 15.9 Å². The van der Waals surface area contributed by atoms with Gasteiger partial charge in [-0.05, 0) is 18.6 Å². The van der Waals surface area contributed by atoms with E-state index in [2.05, 4.69) is 26.2 Å². The molecule has 0 amide bonds. The Morgan fingerprint density at radius 2 is 2.18 bits per heavy atom. The molecule has 1 N–H and O–H groups in total. The predicted molar refractivity (Wildman–Crippen MR) is 64.9 cm³/mol. The molecule has 2 rings (SSSR count). The average molecular weight is 296 g/mol. The van der Waals surface area contributed by atoms with Crippen molar-refractivity contribution in [3.05, 3.63) is 46.2 Å². The van der Waals surface area contributed by atoms with Crippen molar-refractivity contribution in [3.8, 4) is 0 Å². The van der Waals surface area contributed by atoms with Crippen LogP contribution in [0.4, 0.5) is 0 Å². The maximum atomic E-state index is 10.7. The van der Waals surface area contributed by atoms with Gasteiger partial charge in [0.05, 0.1) is 12.2 Å². The lowest BCUT2D eigenvalue weighted by atomic mass is 10.1. The van der Waals surface area contributed by atoms with E-state index in [1.54, 1.807) is 0 Å². The van der Waals surface area contributed by atoms with Crippen molar-refractivity contribution in [3.63, 3.8) is 0 Å². The minimum Gasteiger partial charge on any atom is -0.476 e. The molecule has 5 nitrogen and oxygen atoms in total. The normalized spacial score (nSPS) is 12.4. The molecular weight excluding hydrogens is 286 g/mol. The van der Waals surface area contributed by atoms with E-state index in [1.807, 2.05) is 31.2 Å². The molecule has 0 aliphatic carbocycles. The first-order valence-corrected chi connectivity index (χ1v) is 5.78. The molecule has 0 saturated carbocycles. The number of carboxylic acid groups (broad SMARTS) is 1. The molecule has 0 saturated heterocycles. The standard InChI is InChI=1S/C11H10BrN3O2/c1-7(8-4-2-3-5-9(8)12)15-6-10(11(16)17)13-14-15/h2-7H,1H3,(H,16,17)/t7-/m0/s1. The van der Waals surface area contributed by atoms with Gasteiger partial charge in [0, 0.05) is 4.47 Å². The summed E-state index contributed by atoms with van der Waals surface area (Å²) in [6.07, 6.45) is 1.42. The van der Waals surface area contributed by atoms with E-state index in [-0.39, 0.29) is 11.7 Å². The second-order valence-corrected chi connectivity index (χ2v) is 4.44.